The second-order valence-electron chi connectivity index (χ2n) is 2.94. The molecule has 0 aromatic heterocycles. The van der Waals surface area contributed by atoms with E-state index in [2.05, 4.69) is 21.2 Å². The second kappa shape index (κ2) is 5.35. The Bertz CT molecular complexity index is 276. The fourth-order valence-corrected chi connectivity index (χ4v) is 1.60. The van der Waals surface area contributed by atoms with E-state index in [1.54, 1.807) is 6.07 Å². The number of halogens is 2. The normalized spacial score (nSPS) is 10.4. The van der Waals surface area contributed by atoms with Crippen molar-refractivity contribution in [2.24, 2.45) is 0 Å². The van der Waals surface area contributed by atoms with Crippen molar-refractivity contribution < 1.29 is 4.39 Å². The quantitative estimate of drug-likeness (QED) is 0.805. The largest absolute Gasteiger partial charge is 0.320 e. The van der Waals surface area contributed by atoms with Crippen LogP contribution in [0.3, 0.4) is 0 Å². The predicted octanol–water partition coefficient (Wildman–Crippen LogP) is 2.74. The SMILES string of the molecule is CNCCCc1cc(Br)ccc1F. The van der Waals surface area contributed by atoms with Gasteiger partial charge >= 0.3 is 0 Å². The summed E-state index contributed by atoms with van der Waals surface area (Å²) in [6.07, 6.45) is 1.75. The summed E-state index contributed by atoms with van der Waals surface area (Å²) in [5, 5.41) is 3.04. The van der Waals surface area contributed by atoms with E-state index in [1.807, 2.05) is 13.1 Å². The maximum absolute atomic E-state index is 13.2. The monoisotopic (exact) mass is 245 g/mol. The minimum atomic E-state index is -0.112. The highest BCUT2D eigenvalue weighted by Gasteiger charge is 2.01. The summed E-state index contributed by atoms with van der Waals surface area (Å²) in [7, 11) is 1.90. The zero-order chi connectivity index (χ0) is 9.68. The summed E-state index contributed by atoms with van der Waals surface area (Å²) in [5.74, 6) is -0.112. The third-order valence-electron chi connectivity index (χ3n) is 1.88. The molecule has 13 heavy (non-hydrogen) atoms. The van der Waals surface area contributed by atoms with Gasteiger partial charge in [-0.2, -0.15) is 0 Å². The van der Waals surface area contributed by atoms with Crippen LogP contribution < -0.4 is 5.32 Å². The van der Waals surface area contributed by atoms with Gasteiger partial charge in [-0.25, -0.2) is 4.39 Å². The first-order chi connectivity index (χ1) is 6.24. The van der Waals surface area contributed by atoms with Crippen LogP contribution in [0.25, 0.3) is 0 Å². The Morgan fingerprint density at radius 1 is 1.46 bits per heavy atom. The van der Waals surface area contributed by atoms with E-state index in [1.165, 1.54) is 6.07 Å². The highest BCUT2D eigenvalue weighted by atomic mass is 79.9. The first-order valence-electron chi connectivity index (χ1n) is 4.32. The van der Waals surface area contributed by atoms with Gasteiger partial charge in [0.25, 0.3) is 0 Å². The van der Waals surface area contributed by atoms with Gasteiger partial charge < -0.3 is 5.32 Å². The Hall–Kier alpha value is -0.410. The van der Waals surface area contributed by atoms with E-state index in [-0.39, 0.29) is 5.82 Å². The van der Waals surface area contributed by atoms with Crippen molar-refractivity contribution in [2.45, 2.75) is 12.8 Å². The number of aryl methyl sites for hydroxylation is 1. The Kier molecular flexibility index (Phi) is 4.39. The third kappa shape index (κ3) is 3.44. The van der Waals surface area contributed by atoms with Crippen molar-refractivity contribution in [3.8, 4) is 0 Å². The lowest BCUT2D eigenvalue weighted by Gasteiger charge is -2.03. The van der Waals surface area contributed by atoms with Gasteiger partial charge in [-0.05, 0) is 50.2 Å². The number of hydrogen-bond donors (Lipinski definition) is 1. The molecule has 0 bridgehead atoms. The summed E-state index contributed by atoms with van der Waals surface area (Å²) in [4.78, 5) is 0. The fourth-order valence-electron chi connectivity index (χ4n) is 1.19. The van der Waals surface area contributed by atoms with Crippen molar-refractivity contribution in [3.63, 3.8) is 0 Å². The molecule has 0 unspecified atom stereocenters. The standard InChI is InChI=1S/C10H13BrFN/c1-13-6-2-3-8-7-9(11)4-5-10(8)12/h4-5,7,13H,2-3,6H2,1H3. The smallest absolute Gasteiger partial charge is 0.126 e. The minimum Gasteiger partial charge on any atom is -0.320 e. The van der Waals surface area contributed by atoms with Gasteiger partial charge in [-0.1, -0.05) is 15.9 Å². The molecule has 1 N–H and O–H groups in total. The van der Waals surface area contributed by atoms with E-state index in [4.69, 9.17) is 0 Å². The number of rotatable bonds is 4. The Morgan fingerprint density at radius 2 is 2.23 bits per heavy atom. The van der Waals surface area contributed by atoms with Crippen LogP contribution in [-0.4, -0.2) is 13.6 Å². The van der Waals surface area contributed by atoms with Gasteiger partial charge in [-0.3, -0.25) is 0 Å². The Morgan fingerprint density at radius 3 is 2.92 bits per heavy atom. The zero-order valence-corrected chi connectivity index (χ0v) is 9.20. The summed E-state index contributed by atoms with van der Waals surface area (Å²) in [6, 6.07) is 5.06. The molecule has 1 nitrogen and oxygen atoms in total. The summed E-state index contributed by atoms with van der Waals surface area (Å²) < 4.78 is 14.1. The minimum absolute atomic E-state index is 0.112. The van der Waals surface area contributed by atoms with E-state index >= 15 is 0 Å². The van der Waals surface area contributed by atoms with Crippen LogP contribution in [0.15, 0.2) is 22.7 Å². The Balaban J connectivity index is 2.59. The van der Waals surface area contributed by atoms with Crippen LogP contribution in [-0.2, 0) is 6.42 Å². The summed E-state index contributed by atoms with van der Waals surface area (Å²) >= 11 is 3.32. The molecule has 0 radical (unpaired) electrons. The number of benzene rings is 1. The van der Waals surface area contributed by atoms with Crippen molar-refractivity contribution in [1.82, 2.24) is 5.32 Å². The number of hydrogen-bond acceptors (Lipinski definition) is 1. The van der Waals surface area contributed by atoms with E-state index in [0.717, 1.165) is 29.4 Å². The van der Waals surface area contributed by atoms with Crippen LogP contribution in [0.4, 0.5) is 4.39 Å². The van der Waals surface area contributed by atoms with E-state index < -0.39 is 0 Å². The van der Waals surface area contributed by atoms with Crippen LogP contribution in [0.5, 0.6) is 0 Å². The molecule has 1 rings (SSSR count). The van der Waals surface area contributed by atoms with Crippen molar-refractivity contribution in [1.29, 1.82) is 0 Å². The molecule has 1 aromatic rings. The first kappa shape index (κ1) is 10.7. The molecule has 3 heteroatoms. The molecule has 1 aromatic carbocycles. The Labute approximate surface area is 86.5 Å². The second-order valence-corrected chi connectivity index (χ2v) is 3.86. The molecule has 0 spiro atoms. The van der Waals surface area contributed by atoms with E-state index in [0.29, 0.717) is 0 Å². The molecule has 0 heterocycles. The lowest BCUT2D eigenvalue weighted by molar-refractivity contribution is 0.600. The van der Waals surface area contributed by atoms with Crippen LogP contribution in [0.1, 0.15) is 12.0 Å². The summed E-state index contributed by atoms with van der Waals surface area (Å²) in [6.45, 7) is 0.923. The maximum atomic E-state index is 13.2. The van der Waals surface area contributed by atoms with Gasteiger partial charge in [0, 0.05) is 4.47 Å². The van der Waals surface area contributed by atoms with Gasteiger partial charge in [0.1, 0.15) is 5.82 Å². The van der Waals surface area contributed by atoms with Crippen LogP contribution in [0, 0.1) is 5.82 Å². The van der Waals surface area contributed by atoms with Crippen LogP contribution >= 0.6 is 15.9 Å². The molecule has 0 saturated heterocycles. The molecule has 0 atom stereocenters. The first-order valence-corrected chi connectivity index (χ1v) is 5.12. The van der Waals surface area contributed by atoms with Gasteiger partial charge in [-0.15, -0.1) is 0 Å². The fraction of sp³-hybridized carbons (Fsp3) is 0.400. The molecule has 0 aliphatic carbocycles. The lowest BCUT2D eigenvalue weighted by Crippen LogP contribution is -2.08. The zero-order valence-electron chi connectivity index (χ0n) is 7.61. The molecule has 0 amide bonds. The van der Waals surface area contributed by atoms with E-state index in [9.17, 15) is 4.39 Å². The topological polar surface area (TPSA) is 12.0 Å². The van der Waals surface area contributed by atoms with Crippen molar-refractivity contribution >= 4 is 15.9 Å². The molecule has 72 valence electrons. The average molecular weight is 246 g/mol. The van der Waals surface area contributed by atoms with Gasteiger partial charge in [0.2, 0.25) is 0 Å². The summed E-state index contributed by atoms with van der Waals surface area (Å²) in [5.41, 5.74) is 0.782. The molecule has 0 aliphatic rings. The van der Waals surface area contributed by atoms with Crippen molar-refractivity contribution in [2.75, 3.05) is 13.6 Å². The predicted molar refractivity (Wildman–Crippen MR) is 56.3 cm³/mol. The highest BCUT2D eigenvalue weighted by molar-refractivity contribution is 9.10. The average Bonchev–Trinajstić information content (AvgIpc) is 2.11. The molecular formula is C10H13BrFN. The van der Waals surface area contributed by atoms with Crippen LogP contribution in [0.2, 0.25) is 0 Å². The highest BCUT2D eigenvalue weighted by Crippen LogP contribution is 2.16. The molecular weight excluding hydrogens is 233 g/mol. The van der Waals surface area contributed by atoms with Gasteiger partial charge in [0.15, 0.2) is 0 Å². The number of nitrogens with one attached hydrogen (secondary N) is 1. The maximum Gasteiger partial charge on any atom is 0.126 e. The molecule has 0 fully saturated rings. The third-order valence-corrected chi connectivity index (χ3v) is 2.37. The molecule has 0 aliphatic heterocycles. The lowest BCUT2D eigenvalue weighted by atomic mass is 10.1. The molecule has 0 saturated carbocycles. The van der Waals surface area contributed by atoms with Gasteiger partial charge in [0.05, 0.1) is 0 Å². The van der Waals surface area contributed by atoms with Crippen molar-refractivity contribution in [3.05, 3.63) is 34.1 Å².